The predicted molar refractivity (Wildman–Crippen MR) is 44.0 cm³/mol. The number of hydrogen-bond acceptors (Lipinski definition) is 4. The molecule has 0 saturated heterocycles. The average molecular weight is 232 g/mol. The summed E-state index contributed by atoms with van der Waals surface area (Å²) in [6.45, 7) is 0. The molecule has 0 spiro atoms. The van der Waals surface area contributed by atoms with Crippen molar-refractivity contribution < 1.29 is 4.79 Å². The molecule has 0 atom stereocenters. The molecule has 2 aromatic rings. The van der Waals surface area contributed by atoms with E-state index in [0.29, 0.717) is 5.69 Å². The Balaban J connectivity index is 2.83. The van der Waals surface area contributed by atoms with Crippen LogP contribution in [-0.2, 0) is 0 Å². The lowest BCUT2D eigenvalue weighted by molar-refractivity contribution is 0.111. The van der Waals surface area contributed by atoms with E-state index in [1.54, 1.807) is 0 Å². The Labute approximate surface area is 74.0 Å². The number of carbonyl (C=O) groups is 1. The van der Waals surface area contributed by atoms with Gasteiger partial charge in [-0.15, -0.1) is 5.10 Å². The summed E-state index contributed by atoms with van der Waals surface area (Å²) in [4.78, 5) is 15.1. The molecule has 0 amide bonds. The van der Waals surface area contributed by atoms with Crippen molar-refractivity contribution in [1.82, 2.24) is 14.6 Å². The van der Waals surface area contributed by atoms with Crippen LogP contribution in [0.1, 0.15) is 10.5 Å². The fourth-order valence-electron chi connectivity index (χ4n) is 0.766. The van der Waals surface area contributed by atoms with E-state index in [4.69, 9.17) is 0 Å². The van der Waals surface area contributed by atoms with Crippen LogP contribution in [0.4, 0.5) is 0 Å². The van der Waals surface area contributed by atoms with E-state index in [2.05, 4.69) is 26.0 Å². The van der Waals surface area contributed by atoms with E-state index in [0.717, 1.165) is 15.2 Å². The van der Waals surface area contributed by atoms with Gasteiger partial charge >= 0.3 is 0 Å². The average Bonchev–Trinajstić information content (AvgIpc) is 2.45. The fraction of sp³-hybridized carbons (Fsp3) is 0. The standard InChI is InChI=1S/C5H2BrN3OS/c6-4-8-9-3(2-10)1-7-5(9)11-4/h1-2H. The van der Waals surface area contributed by atoms with Crippen LogP contribution in [0.15, 0.2) is 10.1 Å². The van der Waals surface area contributed by atoms with Crippen molar-refractivity contribution in [2.45, 2.75) is 0 Å². The molecule has 2 aromatic heterocycles. The molecule has 0 N–H and O–H groups in total. The van der Waals surface area contributed by atoms with Crippen LogP contribution < -0.4 is 0 Å². The molecular weight excluding hydrogens is 230 g/mol. The Bertz CT molecular complexity index is 407. The normalized spacial score (nSPS) is 10.6. The van der Waals surface area contributed by atoms with Gasteiger partial charge in [0.15, 0.2) is 10.2 Å². The second kappa shape index (κ2) is 2.38. The second-order valence-electron chi connectivity index (χ2n) is 1.85. The first-order chi connectivity index (χ1) is 5.31. The van der Waals surface area contributed by atoms with E-state index in [9.17, 15) is 4.79 Å². The summed E-state index contributed by atoms with van der Waals surface area (Å²) in [5, 5.41) is 4.00. The van der Waals surface area contributed by atoms with Crippen molar-refractivity contribution in [2.24, 2.45) is 0 Å². The quantitative estimate of drug-likeness (QED) is 0.697. The van der Waals surface area contributed by atoms with Crippen molar-refractivity contribution in [2.75, 3.05) is 0 Å². The van der Waals surface area contributed by atoms with Crippen molar-refractivity contribution in [3.05, 3.63) is 15.8 Å². The van der Waals surface area contributed by atoms with Crippen molar-refractivity contribution in [3.63, 3.8) is 0 Å². The van der Waals surface area contributed by atoms with Gasteiger partial charge in [-0.1, -0.05) is 11.3 Å². The number of carbonyl (C=O) groups excluding carboxylic acids is 1. The zero-order chi connectivity index (χ0) is 7.84. The molecule has 0 aromatic carbocycles. The van der Waals surface area contributed by atoms with E-state index >= 15 is 0 Å². The summed E-state index contributed by atoms with van der Waals surface area (Å²) in [6.07, 6.45) is 2.23. The molecule has 0 fully saturated rings. The molecule has 0 saturated carbocycles. The SMILES string of the molecule is O=Cc1cnc2sc(Br)nn12. The molecule has 0 unspecified atom stereocenters. The van der Waals surface area contributed by atoms with Crippen LogP contribution in [0.5, 0.6) is 0 Å². The summed E-state index contributed by atoms with van der Waals surface area (Å²) in [6, 6.07) is 0. The molecule has 11 heavy (non-hydrogen) atoms. The molecule has 0 aliphatic rings. The van der Waals surface area contributed by atoms with Crippen molar-refractivity contribution >= 4 is 38.5 Å². The lowest BCUT2D eigenvalue weighted by Crippen LogP contribution is -1.89. The highest BCUT2D eigenvalue weighted by Gasteiger charge is 2.06. The number of rotatable bonds is 1. The third-order valence-electron chi connectivity index (χ3n) is 1.21. The summed E-state index contributed by atoms with van der Waals surface area (Å²) in [7, 11) is 0. The molecule has 0 aliphatic heterocycles. The van der Waals surface area contributed by atoms with Gasteiger partial charge in [0.2, 0.25) is 4.96 Å². The highest BCUT2D eigenvalue weighted by atomic mass is 79.9. The summed E-state index contributed by atoms with van der Waals surface area (Å²) in [5.74, 6) is 0. The highest BCUT2D eigenvalue weighted by molar-refractivity contribution is 9.11. The minimum atomic E-state index is 0.474. The maximum atomic E-state index is 10.4. The zero-order valence-electron chi connectivity index (χ0n) is 5.19. The molecule has 0 bridgehead atoms. The summed E-state index contributed by atoms with van der Waals surface area (Å²) < 4.78 is 2.23. The predicted octanol–water partition coefficient (Wildman–Crippen LogP) is 1.37. The summed E-state index contributed by atoms with van der Waals surface area (Å²) >= 11 is 4.58. The molecule has 2 heterocycles. The van der Waals surface area contributed by atoms with Gasteiger partial charge in [-0.3, -0.25) is 4.79 Å². The van der Waals surface area contributed by atoms with Crippen molar-refractivity contribution in [1.29, 1.82) is 0 Å². The molecule has 2 rings (SSSR count). The molecule has 0 radical (unpaired) electrons. The first kappa shape index (κ1) is 6.93. The number of halogens is 1. The Morgan fingerprint density at radius 3 is 3.27 bits per heavy atom. The van der Waals surface area contributed by atoms with Gasteiger partial charge in [-0.05, 0) is 15.9 Å². The van der Waals surface area contributed by atoms with Gasteiger partial charge in [-0.2, -0.15) is 4.52 Å². The van der Waals surface area contributed by atoms with E-state index in [1.165, 1.54) is 22.0 Å². The number of nitrogens with zero attached hydrogens (tertiary/aromatic N) is 3. The van der Waals surface area contributed by atoms with Gasteiger partial charge in [0.1, 0.15) is 5.69 Å². The van der Waals surface area contributed by atoms with Gasteiger partial charge in [0.25, 0.3) is 0 Å². The van der Waals surface area contributed by atoms with Gasteiger partial charge in [0, 0.05) is 0 Å². The maximum absolute atomic E-state index is 10.4. The monoisotopic (exact) mass is 231 g/mol. The molecular formula is C5H2BrN3OS. The fourth-order valence-corrected chi connectivity index (χ4v) is 1.97. The Kier molecular flexibility index (Phi) is 1.50. The molecule has 4 nitrogen and oxygen atoms in total. The van der Waals surface area contributed by atoms with Crippen molar-refractivity contribution in [3.8, 4) is 0 Å². The minimum absolute atomic E-state index is 0.474. The molecule has 0 aliphatic carbocycles. The maximum Gasteiger partial charge on any atom is 0.213 e. The zero-order valence-corrected chi connectivity index (χ0v) is 7.59. The first-order valence-electron chi connectivity index (χ1n) is 2.76. The van der Waals surface area contributed by atoms with Crippen LogP contribution in [0.25, 0.3) is 4.96 Å². The van der Waals surface area contributed by atoms with E-state index < -0.39 is 0 Å². The van der Waals surface area contributed by atoms with E-state index in [1.807, 2.05) is 0 Å². The van der Waals surface area contributed by atoms with Gasteiger partial charge in [0.05, 0.1) is 6.20 Å². The topological polar surface area (TPSA) is 47.3 Å². The Morgan fingerprint density at radius 2 is 2.55 bits per heavy atom. The number of aromatic nitrogens is 3. The highest BCUT2D eigenvalue weighted by Crippen LogP contribution is 2.19. The van der Waals surface area contributed by atoms with Crippen LogP contribution >= 0.6 is 27.3 Å². The van der Waals surface area contributed by atoms with Crippen LogP contribution in [0, 0.1) is 0 Å². The lowest BCUT2D eigenvalue weighted by atomic mass is 10.5. The first-order valence-corrected chi connectivity index (χ1v) is 4.37. The number of hydrogen-bond donors (Lipinski definition) is 0. The third-order valence-corrected chi connectivity index (χ3v) is 2.56. The van der Waals surface area contributed by atoms with Crippen LogP contribution in [0.3, 0.4) is 0 Å². The summed E-state index contributed by atoms with van der Waals surface area (Å²) in [5.41, 5.74) is 0.474. The second-order valence-corrected chi connectivity index (χ2v) is 4.08. The number of fused-ring (bicyclic) bond motifs is 1. The Hall–Kier alpha value is -0.750. The lowest BCUT2D eigenvalue weighted by Gasteiger charge is -1.80. The van der Waals surface area contributed by atoms with Gasteiger partial charge < -0.3 is 0 Å². The molecule has 6 heteroatoms. The van der Waals surface area contributed by atoms with E-state index in [-0.39, 0.29) is 0 Å². The third kappa shape index (κ3) is 0.982. The van der Waals surface area contributed by atoms with Crippen LogP contribution in [-0.4, -0.2) is 20.9 Å². The number of aldehydes is 1. The van der Waals surface area contributed by atoms with Gasteiger partial charge in [-0.25, -0.2) is 4.98 Å². The Morgan fingerprint density at radius 1 is 1.73 bits per heavy atom. The van der Waals surface area contributed by atoms with Crippen LogP contribution in [0.2, 0.25) is 0 Å². The molecule has 56 valence electrons. The smallest absolute Gasteiger partial charge is 0.213 e. The number of imidazole rings is 1. The minimum Gasteiger partial charge on any atom is -0.296 e. The largest absolute Gasteiger partial charge is 0.296 e.